The molecule has 0 spiro atoms. The quantitative estimate of drug-likeness (QED) is 0.526. The standard InChI is InChI=1S/C6H8N4O3S/c7-10-9-5-3-4(14(8,11)12)1-2-6(5)13-10/h1-3,9H,7H2,(H2,8,11,12)/p+1. The van der Waals surface area contributed by atoms with Gasteiger partial charge in [-0.05, 0) is 18.2 Å². The molecule has 0 unspecified atom stereocenters. The fourth-order valence-electron chi connectivity index (χ4n) is 1.13. The van der Waals surface area contributed by atoms with Crippen molar-refractivity contribution in [2.45, 2.75) is 4.90 Å². The predicted octanol–water partition coefficient (Wildman–Crippen LogP) is -1.57. The number of hydrogen-bond donors (Lipinski definition) is 3. The minimum absolute atomic E-state index is 0.0302. The van der Waals surface area contributed by atoms with E-state index in [1.807, 2.05) is 0 Å². The number of nitrogens with zero attached hydrogens (tertiary/aromatic N) is 1. The van der Waals surface area contributed by atoms with Crippen LogP contribution in [0, 0.1) is 0 Å². The van der Waals surface area contributed by atoms with Gasteiger partial charge in [0.2, 0.25) is 10.0 Å². The monoisotopic (exact) mass is 217 g/mol. The van der Waals surface area contributed by atoms with Crippen LogP contribution in [-0.2, 0) is 10.0 Å². The van der Waals surface area contributed by atoms with Gasteiger partial charge in [-0.1, -0.05) is 0 Å². The van der Waals surface area contributed by atoms with Crippen molar-refractivity contribution in [2.24, 2.45) is 5.14 Å². The maximum absolute atomic E-state index is 11.0. The molecule has 0 aromatic heterocycles. The maximum atomic E-state index is 11.0. The fourth-order valence-corrected chi connectivity index (χ4v) is 1.67. The topological polar surface area (TPSA) is 112 Å². The number of sulfonamides is 1. The van der Waals surface area contributed by atoms with Gasteiger partial charge >= 0.3 is 0 Å². The zero-order valence-corrected chi connectivity index (χ0v) is 7.91. The Morgan fingerprint density at radius 2 is 2.21 bits per heavy atom. The predicted molar refractivity (Wildman–Crippen MR) is 46.8 cm³/mol. The number of nitrogens with two attached hydrogens (primary N) is 1. The Hall–Kier alpha value is -1.35. The summed E-state index contributed by atoms with van der Waals surface area (Å²) in [7, 11) is -3.68. The second-order valence-electron chi connectivity index (χ2n) is 2.78. The van der Waals surface area contributed by atoms with E-state index in [0.717, 1.165) is 5.28 Å². The van der Waals surface area contributed by atoms with E-state index < -0.39 is 10.0 Å². The summed E-state index contributed by atoms with van der Waals surface area (Å²) in [6.45, 7) is 0. The van der Waals surface area contributed by atoms with Crippen molar-refractivity contribution in [1.82, 2.24) is 5.28 Å². The number of fused-ring (bicyclic) bond motifs is 1. The maximum Gasteiger partial charge on any atom is 0.238 e. The zero-order chi connectivity index (χ0) is 10.3. The Bertz CT molecular complexity index is 472. The van der Waals surface area contributed by atoms with E-state index in [1.54, 1.807) is 0 Å². The van der Waals surface area contributed by atoms with Crippen LogP contribution in [0.1, 0.15) is 0 Å². The van der Waals surface area contributed by atoms with Crippen molar-refractivity contribution < 1.29 is 19.1 Å². The molecule has 7 nitrogen and oxygen atoms in total. The van der Waals surface area contributed by atoms with Crippen LogP contribution in [-0.4, -0.2) is 13.7 Å². The zero-order valence-electron chi connectivity index (χ0n) is 7.10. The van der Waals surface area contributed by atoms with E-state index in [-0.39, 0.29) is 4.90 Å². The second kappa shape index (κ2) is 2.82. The van der Waals surface area contributed by atoms with E-state index in [4.69, 9.17) is 9.98 Å². The minimum Gasteiger partial charge on any atom is -0.341 e. The Morgan fingerprint density at radius 1 is 1.50 bits per heavy atom. The molecular weight excluding hydrogens is 208 g/mol. The third-order valence-electron chi connectivity index (χ3n) is 1.73. The lowest BCUT2D eigenvalue weighted by Crippen LogP contribution is -2.69. The van der Waals surface area contributed by atoms with E-state index in [0.29, 0.717) is 11.4 Å². The number of nitrogens with one attached hydrogen (secondary N) is 1. The molecule has 0 amide bonds. The van der Waals surface area contributed by atoms with Crippen LogP contribution in [0.15, 0.2) is 23.1 Å². The van der Waals surface area contributed by atoms with Gasteiger partial charge in [-0.25, -0.2) is 24.8 Å². The number of quaternary nitrogens is 1. The molecule has 1 aromatic carbocycles. The van der Waals surface area contributed by atoms with Gasteiger partial charge in [0.25, 0.3) is 0 Å². The number of hydrazine groups is 1. The number of anilines is 1. The van der Waals surface area contributed by atoms with Crippen molar-refractivity contribution in [3.63, 3.8) is 0 Å². The van der Waals surface area contributed by atoms with E-state index >= 15 is 0 Å². The van der Waals surface area contributed by atoms with Gasteiger partial charge in [0.1, 0.15) is 11.0 Å². The van der Waals surface area contributed by atoms with Gasteiger partial charge in [-0.2, -0.15) is 0 Å². The lowest BCUT2D eigenvalue weighted by molar-refractivity contribution is -0.637. The third-order valence-corrected chi connectivity index (χ3v) is 2.64. The molecular formula is C6H9N4O3S+. The molecule has 1 aliphatic heterocycles. The summed E-state index contributed by atoms with van der Waals surface area (Å²) in [5.41, 5.74) is 3.21. The van der Waals surface area contributed by atoms with Crippen LogP contribution in [0.3, 0.4) is 0 Å². The summed E-state index contributed by atoms with van der Waals surface area (Å²) in [5.74, 6) is 3.97. The van der Waals surface area contributed by atoms with E-state index in [9.17, 15) is 8.42 Å². The molecule has 8 heteroatoms. The number of rotatable bonds is 1. The molecule has 0 bridgehead atoms. The first-order valence-electron chi connectivity index (χ1n) is 3.69. The highest BCUT2D eigenvalue weighted by Crippen LogP contribution is 2.31. The van der Waals surface area contributed by atoms with Crippen LogP contribution in [0.4, 0.5) is 5.69 Å². The highest BCUT2D eigenvalue weighted by atomic mass is 32.2. The lowest BCUT2D eigenvalue weighted by Gasteiger charge is -1.99. The van der Waals surface area contributed by atoms with Gasteiger partial charge in [0, 0.05) is 0 Å². The van der Waals surface area contributed by atoms with E-state index in [2.05, 4.69) is 11.3 Å². The highest BCUT2D eigenvalue weighted by Gasteiger charge is 2.21. The summed E-state index contributed by atoms with van der Waals surface area (Å²) in [6.07, 6.45) is 0. The molecule has 76 valence electrons. The summed E-state index contributed by atoms with van der Waals surface area (Å²) >= 11 is 0. The van der Waals surface area contributed by atoms with Crippen LogP contribution >= 0.6 is 0 Å². The normalized spacial score (nSPS) is 15.9. The second-order valence-corrected chi connectivity index (χ2v) is 4.35. The van der Waals surface area contributed by atoms with Crippen molar-refractivity contribution >= 4 is 15.7 Å². The summed E-state index contributed by atoms with van der Waals surface area (Å²) < 4.78 is 22.0. The van der Waals surface area contributed by atoms with Gasteiger partial charge in [0.15, 0.2) is 5.75 Å². The molecule has 2 rings (SSSR count). The summed E-state index contributed by atoms with van der Waals surface area (Å²) in [6, 6.07) is 4.26. The molecule has 1 aliphatic rings. The highest BCUT2D eigenvalue weighted by molar-refractivity contribution is 7.89. The van der Waals surface area contributed by atoms with Crippen molar-refractivity contribution in [2.75, 3.05) is 5.43 Å². The van der Waals surface area contributed by atoms with Crippen molar-refractivity contribution in [3.05, 3.63) is 18.2 Å². The first kappa shape index (κ1) is 9.21. The third kappa shape index (κ3) is 1.51. The van der Waals surface area contributed by atoms with Crippen LogP contribution in [0.25, 0.3) is 0 Å². The average Bonchev–Trinajstić information content (AvgIpc) is 2.41. The molecule has 14 heavy (non-hydrogen) atoms. The van der Waals surface area contributed by atoms with E-state index in [1.165, 1.54) is 18.2 Å². The molecule has 0 saturated carbocycles. The van der Waals surface area contributed by atoms with Crippen molar-refractivity contribution in [1.29, 1.82) is 0 Å². The van der Waals surface area contributed by atoms with Gasteiger partial charge in [0.05, 0.1) is 4.90 Å². The number of benzene rings is 1. The fraction of sp³-hybridized carbons (Fsp3) is 0. The SMILES string of the molecule is NS(=O)(=O)c1ccc2c(c1)NN([NH3+])O2. The molecule has 1 heterocycles. The number of hydrogen-bond acceptors (Lipinski definition) is 5. The number of primary sulfonamides is 1. The van der Waals surface area contributed by atoms with Gasteiger partial charge < -0.3 is 4.84 Å². The Morgan fingerprint density at radius 3 is 2.86 bits per heavy atom. The molecule has 0 atom stereocenters. The van der Waals surface area contributed by atoms with Gasteiger partial charge in [-0.15, -0.1) is 0 Å². The first-order chi connectivity index (χ1) is 6.47. The Labute approximate surface area is 80.2 Å². The van der Waals surface area contributed by atoms with Crippen LogP contribution in [0.2, 0.25) is 0 Å². The minimum atomic E-state index is -3.68. The largest absolute Gasteiger partial charge is 0.341 e. The Balaban J connectivity index is 2.48. The average molecular weight is 217 g/mol. The molecule has 6 N–H and O–H groups in total. The molecule has 0 fully saturated rings. The Kier molecular flexibility index (Phi) is 1.86. The lowest BCUT2D eigenvalue weighted by atomic mass is 10.3. The smallest absolute Gasteiger partial charge is 0.238 e. The molecule has 0 saturated heterocycles. The van der Waals surface area contributed by atoms with Crippen molar-refractivity contribution in [3.8, 4) is 5.75 Å². The summed E-state index contributed by atoms with van der Waals surface area (Å²) in [5, 5.41) is 6.08. The molecule has 1 aromatic rings. The van der Waals surface area contributed by atoms with Crippen LogP contribution < -0.4 is 21.2 Å². The molecule has 0 radical (unpaired) electrons. The first-order valence-corrected chi connectivity index (χ1v) is 5.23. The van der Waals surface area contributed by atoms with Crippen LogP contribution in [0.5, 0.6) is 5.75 Å². The summed E-state index contributed by atoms with van der Waals surface area (Å²) in [4.78, 5) is 5.08. The molecule has 0 aliphatic carbocycles. The van der Waals surface area contributed by atoms with Gasteiger partial charge in [-0.3, -0.25) is 0 Å².